The Morgan fingerprint density at radius 1 is 1.33 bits per heavy atom. The highest BCUT2D eigenvalue weighted by Gasteiger charge is 2.20. The van der Waals surface area contributed by atoms with Crippen LogP contribution in [0.5, 0.6) is 0 Å². The second-order valence-corrected chi connectivity index (χ2v) is 8.38. The molecule has 0 radical (unpaired) electrons. The molecule has 0 aliphatic heterocycles. The van der Waals surface area contributed by atoms with Crippen LogP contribution < -0.4 is 15.8 Å². The first-order valence-electron chi connectivity index (χ1n) is 8.40. The number of amides is 1. The van der Waals surface area contributed by atoms with Crippen LogP contribution in [0.3, 0.4) is 0 Å². The number of rotatable bonds is 6. The predicted molar refractivity (Wildman–Crippen MR) is 106 cm³/mol. The summed E-state index contributed by atoms with van der Waals surface area (Å²) in [5, 5.41) is 14.7. The molecule has 0 bridgehead atoms. The molecule has 2 aromatic heterocycles. The highest BCUT2D eigenvalue weighted by molar-refractivity contribution is 7.99. The number of hydrogen-bond donors (Lipinski definition) is 2. The largest absolute Gasteiger partial charge is 0.477 e. The third-order valence-corrected chi connectivity index (χ3v) is 4.75. The number of aromatic nitrogens is 2. The Kier molecular flexibility index (Phi) is 6.15. The van der Waals surface area contributed by atoms with Gasteiger partial charge in [-0.1, -0.05) is 20.8 Å². The zero-order valence-electron chi connectivity index (χ0n) is 16.1. The highest BCUT2D eigenvalue weighted by Crippen LogP contribution is 2.20. The molecular weight excluding hydrogens is 368 g/mol. The quantitative estimate of drug-likeness (QED) is 0.568. The maximum absolute atomic E-state index is 12.5. The minimum absolute atomic E-state index is 0.0328. The average Bonchev–Trinajstić information content (AvgIpc) is 2.57. The Morgan fingerprint density at radius 2 is 2.00 bits per heavy atom. The molecule has 0 atom stereocenters. The molecule has 0 saturated carbocycles. The number of nitrogens with zero attached hydrogens (tertiary/aromatic N) is 3. The van der Waals surface area contributed by atoms with Gasteiger partial charge in [0.1, 0.15) is 5.56 Å². The summed E-state index contributed by atoms with van der Waals surface area (Å²) in [4.78, 5) is 40.1. The molecule has 0 saturated heterocycles. The third-order valence-electron chi connectivity index (χ3n) is 3.83. The number of carboxylic acid groups (broad SMARTS) is 1. The summed E-state index contributed by atoms with van der Waals surface area (Å²) in [6.45, 7) is 6.00. The number of hydrogen-bond acceptors (Lipinski definition) is 6. The lowest BCUT2D eigenvalue weighted by atomic mass is 9.96. The van der Waals surface area contributed by atoms with Gasteiger partial charge in [-0.3, -0.25) is 14.3 Å². The van der Waals surface area contributed by atoms with Gasteiger partial charge in [0.05, 0.1) is 22.1 Å². The van der Waals surface area contributed by atoms with Crippen molar-refractivity contribution in [2.75, 3.05) is 31.4 Å². The molecule has 1 amide bonds. The van der Waals surface area contributed by atoms with E-state index in [0.29, 0.717) is 28.2 Å². The monoisotopic (exact) mass is 392 g/mol. The Hall–Kier alpha value is -2.55. The normalized spacial score (nSPS) is 11.4. The van der Waals surface area contributed by atoms with E-state index in [0.717, 1.165) is 0 Å². The van der Waals surface area contributed by atoms with E-state index in [1.807, 2.05) is 20.8 Å². The van der Waals surface area contributed by atoms with Crippen molar-refractivity contribution < 1.29 is 14.7 Å². The van der Waals surface area contributed by atoms with E-state index < -0.39 is 16.8 Å². The van der Waals surface area contributed by atoms with Gasteiger partial charge in [0.25, 0.3) is 0 Å². The van der Waals surface area contributed by atoms with E-state index in [2.05, 4.69) is 10.3 Å². The number of pyridine rings is 2. The van der Waals surface area contributed by atoms with E-state index in [4.69, 9.17) is 0 Å². The molecule has 2 rings (SSSR count). The number of carboxylic acids is 1. The Labute approximate surface area is 161 Å². The molecule has 0 spiro atoms. The molecule has 0 aliphatic carbocycles. The second kappa shape index (κ2) is 7.99. The van der Waals surface area contributed by atoms with E-state index in [1.165, 1.54) is 18.0 Å². The summed E-state index contributed by atoms with van der Waals surface area (Å²) in [5.74, 6) is -0.719. The van der Waals surface area contributed by atoms with E-state index in [-0.39, 0.29) is 11.5 Å². The molecule has 0 aliphatic rings. The lowest BCUT2D eigenvalue weighted by Gasteiger charge is -2.20. The lowest BCUT2D eigenvalue weighted by Crippen LogP contribution is -2.36. The van der Waals surface area contributed by atoms with Crippen LogP contribution in [0, 0.1) is 5.41 Å². The van der Waals surface area contributed by atoms with Crippen molar-refractivity contribution >= 4 is 34.5 Å². The van der Waals surface area contributed by atoms with Gasteiger partial charge >= 0.3 is 5.97 Å². The number of fused-ring (bicyclic) bond motifs is 1. The predicted octanol–water partition coefficient (Wildman–Crippen LogP) is 1.55. The van der Waals surface area contributed by atoms with Crippen LogP contribution in [0.2, 0.25) is 0 Å². The van der Waals surface area contributed by atoms with Crippen molar-refractivity contribution in [2.45, 2.75) is 25.8 Å². The molecule has 2 N–H and O–H groups in total. The summed E-state index contributed by atoms with van der Waals surface area (Å²) in [5.41, 5.74) is -0.756. The first-order chi connectivity index (χ1) is 12.5. The van der Waals surface area contributed by atoms with Crippen LogP contribution in [-0.4, -0.2) is 53.0 Å². The van der Waals surface area contributed by atoms with Gasteiger partial charge in [0, 0.05) is 38.0 Å². The number of carbonyl (C=O) groups excluding carboxylic acids is 1. The lowest BCUT2D eigenvalue weighted by molar-refractivity contribution is -0.128. The Bertz CT molecular complexity index is 931. The third kappa shape index (κ3) is 4.79. The van der Waals surface area contributed by atoms with Crippen LogP contribution in [0.15, 0.2) is 28.3 Å². The standard InChI is InChI=1S/C18H24N4O4S/c1-18(2,3)17(26)19-6-7-27-14-8-11-13(9-20-14)22(21(4)5)10-12(15(11)23)16(24)25/h8-10H,6-7H2,1-5H3,(H,19,26)(H,24,25). The molecule has 9 heteroatoms. The SMILES string of the molecule is CN(C)n1cc(C(=O)O)c(=O)c2cc(SCCNC(=O)C(C)(C)C)ncc21. The zero-order chi connectivity index (χ0) is 20.4. The molecule has 2 heterocycles. The first-order valence-corrected chi connectivity index (χ1v) is 9.38. The second-order valence-electron chi connectivity index (χ2n) is 7.26. The van der Waals surface area contributed by atoms with Crippen molar-refractivity contribution in [2.24, 2.45) is 5.41 Å². The maximum atomic E-state index is 12.5. The van der Waals surface area contributed by atoms with Gasteiger partial charge in [0.2, 0.25) is 11.3 Å². The van der Waals surface area contributed by atoms with Gasteiger partial charge in [-0.2, -0.15) is 0 Å². The number of thioether (sulfide) groups is 1. The Morgan fingerprint density at radius 3 is 2.56 bits per heavy atom. The molecule has 0 aromatic carbocycles. The van der Waals surface area contributed by atoms with E-state index >= 15 is 0 Å². The fourth-order valence-electron chi connectivity index (χ4n) is 2.34. The smallest absolute Gasteiger partial charge is 0.341 e. The van der Waals surface area contributed by atoms with Gasteiger partial charge in [-0.25, -0.2) is 9.78 Å². The number of carbonyl (C=O) groups is 2. The molecule has 2 aromatic rings. The summed E-state index contributed by atoms with van der Waals surface area (Å²) >= 11 is 1.39. The van der Waals surface area contributed by atoms with E-state index in [1.54, 1.807) is 36.0 Å². The molecule has 0 unspecified atom stereocenters. The van der Waals surface area contributed by atoms with Gasteiger partial charge in [-0.05, 0) is 6.07 Å². The van der Waals surface area contributed by atoms with Gasteiger partial charge < -0.3 is 15.4 Å². The van der Waals surface area contributed by atoms with Gasteiger partial charge in [-0.15, -0.1) is 11.8 Å². The van der Waals surface area contributed by atoms with Crippen molar-refractivity contribution in [3.05, 3.63) is 34.2 Å². The fraction of sp³-hybridized carbons (Fsp3) is 0.444. The summed E-state index contributed by atoms with van der Waals surface area (Å²) in [6, 6.07) is 1.60. The minimum Gasteiger partial charge on any atom is -0.477 e. The van der Waals surface area contributed by atoms with E-state index in [9.17, 15) is 19.5 Å². The highest BCUT2D eigenvalue weighted by atomic mass is 32.2. The van der Waals surface area contributed by atoms with Crippen molar-refractivity contribution in [1.82, 2.24) is 15.0 Å². The zero-order valence-corrected chi connectivity index (χ0v) is 16.9. The molecule has 146 valence electrons. The maximum Gasteiger partial charge on any atom is 0.341 e. The van der Waals surface area contributed by atoms with Crippen LogP contribution in [0.1, 0.15) is 31.1 Å². The van der Waals surface area contributed by atoms with Crippen molar-refractivity contribution in [3.63, 3.8) is 0 Å². The molecule has 27 heavy (non-hydrogen) atoms. The molecule has 8 nitrogen and oxygen atoms in total. The summed E-state index contributed by atoms with van der Waals surface area (Å²) in [6.07, 6.45) is 2.85. The first kappa shape index (κ1) is 20.8. The van der Waals surface area contributed by atoms with Crippen molar-refractivity contribution in [3.8, 4) is 0 Å². The van der Waals surface area contributed by atoms with Crippen molar-refractivity contribution in [1.29, 1.82) is 0 Å². The van der Waals surface area contributed by atoms with Crippen LogP contribution in [0.25, 0.3) is 10.9 Å². The van der Waals surface area contributed by atoms with Gasteiger partial charge in [0.15, 0.2) is 0 Å². The minimum atomic E-state index is -1.27. The topological polar surface area (TPSA) is 105 Å². The van der Waals surface area contributed by atoms with Crippen LogP contribution in [-0.2, 0) is 4.79 Å². The van der Waals surface area contributed by atoms with Crippen LogP contribution >= 0.6 is 11.8 Å². The molecular formula is C18H24N4O4S. The summed E-state index contributed by atoms with van der Waals surface area (Å²) < 4.78 is 1.57. The summed E-state index contributed by atoms with van der Waals surface area (Å²) in [7, 11) is 3.49. The molecule has 0 fully saturated rings. The number of nitrogens with one attached hydrogen (secondary N) is 1. The average molecular weight is 392 g/mol. The fourth-order valence-corrected chi connectivity index (χ4v) is 3.08. The van der Waals surface area contributed by atoms with Crippen LogP contribution in [0.4, 0.5) is 0 Å². The Balaban J connectivity index is 2.26. The number of aromatic carboxylic acids is 1.